The first-order chi connectivity index (χ1) is 14.0. The van der Waals surface area contributed by atoms with Gasteiger partial charge in [0.25, 0.3) is 5.91 Å². The Balaban J connectivity index is 1.65. The van der Waals surface area contributed by atoms with E-state index in [9.17, 15) is 9.18 Å². The lowest BCUT2D eigenvalue weighted by atomic mass is 10.0. The summed E-state index contributed by atoms with van der Waals surface area (Å²) in [5.74, 6) is -0.449. The first kappa shape index (κ1) is 21.0. The minimum Gasteiger partial charge on any atom is -0.346 e. The summed E-state index contributed by atoms with van der Waals surface area (Å²) in [4.78, 5) is 16.5. The Morgan fingerprint density at radius 2 is 1.90 bits per heavy atom. The second kappa shape index (κ2) is 9.63. The molecule has 1 heterocycles. The smallest absolute Gasteiger partial charge is 0.253 e. The molecular weight excluding hydrogens is 412 g/mol. The number of halogens is 3. The second-order valence-corrected chi connectivity index (χ2v) is 7.19. The molecule has 0 bridgehead atoms. The molecule has 29 heavy (non-hydrogen) atoms. The van der Waals surface area contributed by atoms with Gasteiger partial charge < -0.3 is 10.7 Å². The van der Waals surface area contributed by atoms with E-state index in [-0.39, 0.29) is 29.9 Å². The van der Waals surface area contributed by atoms with Crippen LogP contribution in [0.3, 0.4) is 0 Å². The van der Waals surface area contributed by atoms with Crippen molar-refractivity contribution in [1.29, 1.82) is 5.41 Å². The van der Waals surface area contributed by atoms with Crippen LogP contribution in [0.25, 0.3) is 0 Å². The molecule has 3 aromatic rings. The minimum atomic E-state index is -0.357. The van der Waals surface area contributed by atoms with Gasteiger partial charge in [-0.2, -0.15) is 0 Å². The van der Waals surface area contributed by atoms with E-state index in [4.69, 9.17) is 28.6 Å². The van der Waals surface area contributed by atoms with Gasteiger partial charge in [0.2, 0.25) is 0 Å². The van der Waals surface area contributed by atoms with Gasteiger partial charge in [0, 0.05) is 29.7 Å². The summed E-state index contributed by atoms with van der Waals surface area (Å²) in [6, 6.07) is 13.4. The average molecular weight is 430 g/mol. The molecule has 7 heteroatoms. The van der Waals surface area contributed by atoms with Gasteiger partial charge >= 0.3 is 0 Å². The van der Waals surface area contributed by atoms with E-state index >= 15 is 0 Å². The number of nitrogens with one attached hydrogen (secondary N) is 2. The van der Waals surface area contributed by atoms with E-state index in [0.717, 1.165) is 0 Å². The molecule has 3 rings (SSSR count). The van der Waals surface area contributed by atoms with Crippen molar-refractivity contribution in [3.63, 3.8) is 0 Å². The van der Waals surface area contributed by atoms with Crippen LogP contribution in [-0.2, 0) is 12.3 Å². The number of rotatable bonds is 7. The van der Waals surface area contributed by atoms with Gasteiger partial charge in [0.05, 0.1) is 17.8 Å². The number of carbonyl (C=O) groups excluding carboxylic acids is 1. The molecule has 0 saturated carbocycles. The molecular formula is C22H18Cl2FN3O. The maximum atomic E-state index is 14.2. The van der Waals surface area contributed by atoms with Crippen LogP contribution in [0.15, 0.2) is 60.9 Å². The van der Waals surface area contributed by atoms with Crippen molar-refractivity contribution in [2.75, 3.05) is 6.54 Å². The number of carbonyl (C=O) groups is 1. The summed E-state index contributed by atoms with van der Waals surface area (Å²) < 4.78 is 14.2. The highest BCUT2D eigenvalue weighted by molar-refractivity contribution is 6.31. The van der Waals surface area contributed by atoms with E-state index < -0.39 is 0 Å². The Labute approximate surface area is 178 Å². The highest BCUT2D eigenvalue weighted by Gasteiger charge is 2.11. The fraction of sp³-hybridized carbons (Fsp3) is 0.136. The molecule has 1 amide bonds. The topological polar surface area (TPSA) is 65.8 Å². The summed E-state index contributed by atoms with van der Waals surface area (Å²) in [5, 5.41) is 11.3. The zero-order chi connectivity index (χ0) is 20.8. The summed E-state index contributed by atoms with van der Waals surface area (Å²) >= 11 is 11.7. The van der Waals surface area contributed by atoms with Gasteiger partial charge in [0.1, 0.15) is 5.82 Å². The molecule has 2 aromatic carbocycles. The molecule has 148 valence electrons. The monoisotopic (exact) mass is 429 g/mol. The van der Waals surface area contributed by atoms with Crippen LogP contribution in [0, 0.1) is 11.2 Å². The summed E-state index contributed by atoms with van der Waals surface area (Å²) in [6.07, 6.45) is 3.34. The van der Waals surface area contributed by atoms with Crippen molar-refractivity contribution < 1.29 is 9.18 Å². The molecule has 0 fully saturated rings. The number of nitrogens with zero attached hydrogens (tertiary/aromatic N) is 1. The van der Waals surface area contributed by atoms with Crippen molar-refractivity contribution in [2.45, 2.75) is 12.3 Å². The zero-order valence-corrected chi connectivity index (χ0v) is 16.9. The SMILES string of the molecule is N=C(CNC(=O)c1cncc(Cc2ccc(CCl)cc2F)c1)c1cccc(Cl)c1. The van der Waals surface area contributed by atoms with Crippen LogP contribution < -0.4 is 5.32 Å². The van der Waals surface area contributed by atoms with E-state index in [1.54, 1.807) is 48.7 Å². The van der Waals surface area contributed by atoms with E-state index in [1.165, 1.54) is 12.3 Å². The largest absolute Gasteiger partial charge is 0.346 e. The Hall–Kier alpha value is -2.76. The highest BCUT2D eigenvalue weighted by Crippen LogP contribution is 2.17. The maximum absolute atomic E-state index is 14.2. The number of hydrogen-bond donors (Lipinski definition) is 2. The van der Waals surface area contributed by atoms with Gasteiger partial charge in [-0.15, -0.1) is 11.6 Å². The molecule has 2 N–H and O–H groups in total. The molecule has 0 aliphatic rings. The third-order valence-electron chi connectivity index (χ3n) is 4.32. The van der Waals surface area contributed by atoms with Crippen LogP contribution in [0.1, 0.15) is 32.6 Å². The van der Waals surface area contributed by atoms with Crippen molar-refractivity contribution in [3.05, 3.63) is 99.6 Å². The number of alkyl halides is 1. The number of aromatic nitrogens is 1. The summed E-state index contributed by atoms with van der Waals surface area (Å²) in [5.41, 5.74) is 3.15. The van der Waals surface area contributed by atoms with Gasteiger partial charge in [-0.3, -0.25) is 9.78 Å². The van der Waals surface area contributed by atoms with E-state index in [2.05, 4.69) is 10.3 Å². The molecule has 0 radical (unpaired) electrons. The number of benzene rings is 2. The maximum Gasteiger partial charge on any atom is 0.253 e. The predicted molar refractivity (Wildman–Crippen MR) is 114 cm³/mol. The standard InChI is InChI=1S/C22H18Cl2FN3O/c23-10-14-4-5-16(20(25)8-14)6-15-7-18(12-27-11-15)22(29)28-13-21(26)17-2-1-3-19(24)9-17/h1-5,7-9,11-12,26H,6,10,13H2,(H,28,29). The van der Waals surface area contributed by atoms with Gasteiger partial charge in [0.15, 0.2) is 0 Å². The van der Waals surface area contributed by atoms with Crippen LogP contribution >= 0.6 is 23.2 Å². The highest BCUT2D eigenvalue weighted by atomic mass is 35.5. The van der Waals surface area contributed by atoms with Gasteiger partial charge in [-0.05, 0) is 46.5 Å². The fourth-order valence-corrected chi connectivity index (χ4v) is 3.15. The Morgan fingerprint density at radius 3 is 2.62 bits per heavy atom. The Kier molecular flexibility index (Phi) is 6.96. The third-order valence-corrected chi connectivity index (χ3v) is 4.87. The Morgan fingerprint density at radius 1 is 1.07 bits per heavy atom. The first-order valence-corrected chi connectivity index (χ1v) is 9.76. The van der Waals surface area contributed by atoms with Crippen molar-refractivity contribution in [2.24, 2.45) is 0 Å². The Bertz CT molecular complexity index is 1060. The molecule has 0 unspecified atom stereocenters. The third kappa shape index (κ3) is 5.62. The molecule has 0 saturated heterocycles. The van der Waals surface area contributed by atoms with E-state index in [1.807, 2.05) is 0 Å². The van der Waals surface area contributed by atoms with Gasteiger partial charge in [-0.25, -0.2) is 4.39 Å². The number of amides is 1. The normalized spacial score (nSPS) is 10.6. The molecule has 4 nitrogen and oxygen atoms in total. The minimum absolute atomic E-state index is 0.0535. The second-order valence-electron chi connectivity index (χ2n) is 6.49. The van der Waals surface area contributed by atoms with Crippen molar-refractivity contribution in [3.8, 4) is 0 Å². The number of hydrogen-bond acceptors (Lipinski definition) is 3. The fourth-order valence-electron chi connectivity index (χ4n) is 2.79. The molecule has 0 aliphatic carbocycles. The lowest BCUT2D eigenvalue weighted by molar-refractivity contribution is 0.0959. The van der Waals surface area contributed by atoms with Gasteiger partial charge in [-0.1, -0.05) is 35.9 Å². The van der Waals surface area contributed by atoms with Crippen LogP contribution in [0.5, 0.6) is 0 Å². The van der Waals surface area contributed by atoms with Crippen LogP contribution in [-0.4, -0.2) is 23.1 Å². The van der Waals surface area contributed by atoms with Crippen LogP contribution in [0.2, 0.25) is 5.02 Å². The summed E-state index contributed by atoms with van der Waals surface area (Å²) in [6.45, 7) is 0.0535. The lowest BCUT2D eigenvalue weighted by Gasteiger charge is -2.09. The number of pyridine rings is 1. The quantitative estimate of drug-likeness (QED) is 0.409. The predicted octanol–water partition coefficient (Wildman–Crippen LogP) is 5.00. The summed E-state index contributed by atoms with van der Waals surface area (Å²) in [7, 11) is 0. The average Bonchev–Trinajstić information content (AvgIpc) is 2.73. The molecule has 0 spiro atoms. The zero-order valence-electron chi connectivity index (χ0n) is 15.4. The first-order valence-electron chi connectivity index (χ1n) is 8.85. The molecule has 0 atom stereocenters. The molecule has 1 aromatic heterocycles. The van der Waals surface area contributed by atoms with Crippen molar-refractivity contribution >= 4 is 34.8 Å². The van der Waals surface area contributed by atoms with Crippen molar-refractivity contribution in [1.82, 2.24) is 10.3 Å². The van der Waals surface area contributed by atoms with Crippen LogP contribution in [0.4, 0.5) is 4.39 Å². The molecule has 0 aliphatic heterocycles. The van der Waals surface area contributed by atoms with E-state index in [0.29, 0.717) is 39.3 Å². The lowest BCUT2D eigenvalue weighted by Crippen LogP contribution is -2.29.